The lowest BCUT2D eigenvalue weighted by Crippen LogP contribution is -1.97. The number of ketones is 1. The predicted molar refractivity (Wildman–Crippen MR) is 57.3 cm³/mol. The molecule has 0 aliphatic carbocycles. The van der Waals surface area contributed by atoms with E-state index in [-0.39, 0.29) is 5.78 Å². The molecule has 1 aromatic carbocycles. The number of hydrogen-bond donors (Lipinski definition) is 0. The number of rotatable bonds is 4. The van der Waals surface area contributed by atoms with Crippen LogP contribution in [0.4, 0.5) is 0 Å². The third-order valence-corrected chi connectivity index (χ3v) is 2.12. The number of hydrogen-bond acceptors (Lipinski definition) is 4. The molecule has 0 fully saturated rings. The van der Waals surface area contributed by atoms with Crippen molar-refractivity contribution in [2.75, 3.05) is 0 Å². The summed E-state index contributed by atoms with van der Waals surface area (Å²) in [4.78, 5) is 11.1. The van der Waals surface area contributed by atoms with Gasteiger partial charge in [0.05, 0.1) is 0 Å². The van der Waals surface area contributed by atoms with E-state index in [1.54, 1.807) is 30.3 Å². The Morgan fingerprint density at radius 1 is 1.44 bits per heavy atom. The molecule has 0 aliphatic heterocycles. The van der Waals surface area contributed by atoms with E-state index in [0.717, 1.165) is 0 Å². The molecule has 0 atom stereocenters. The van der Waals surface area contributed by atoms with Crippen molar-refractivity contribution in [3.8, 4) is 5.75 Å². The Morgan fingerprint density at radius 3 is 3.00 bits per heavy atom. The van der Waals surface area contributed by atoms with Crippen molar-refractivity contribution in [1.29, 1.82) is 0 Å². The molecule has 82 valence electrons. The molecule has 1 heterocycles. The van der Waals surface area contributed by atoms with Gasteiger partial charge in [0.1, 0.15) is 24.3 Å². The van der Waals surface area contributed by atoms with Crippen LogP contribution in [0.3, 0.4) is 0 Å². The standard InChI is InChI=1S/C12H11NO3/c1-9(14)10-3-2-4-12(7-10)15-8-11-5-6-16-13-11/h2-7H,8H2,1H3. The first-order valence-electron chi connectivity index (χ1n) is 4.89. The average Bonchev–Trinajstić information content (AvgIpc) is 2.79. The molecule has 2 rings (SSSR count). The van der Waals surface area contributed by atoms with Gasteiger partial charge in [-0.15, -0.1) is 0 Å². The molecular weight excluding hydrogens is 206 g/mol. The van der Waals surface area contributed by atoms with Gasteiger partial charge in [-0.1, -0.05) is 17.3 Å². The number of benzene rings is 1. The van der Waals surface area contributed by atoms with Crippen LogP contribution in [0.5, 0.6) is 5.75 Å². The van der Waals surface area contributed by atoms with Crippen LogP contribution in [-0.4, -0.2) is 10.9 Å². The molecular formula is C12H11NO3. The Bertz CT molecular complexity index is 477. The minimum atomic E-state index is 0.0203. The highest BCUT2D eigenvalue weighted by Gasteiger charge is 2.02. The average molecular weight is 217 g/mol. The first-order chi connectivity index (χ1) is 7.75. The first kappa shape index (κ1) is 10.4. The molecule has 0 bridgehead atoms. The lowest BCUT2D eigenvalue weighted by Gasteiger charge is -2.04. The van der Waals surface area contributed by atoms with Gasteiger partial charge in [0.2, 0.25) is 0 Å². The summed E-state index contributed by atoms with van der Waals surface area (Å²) in [5.41, 5.74) is 1.35. The molecule has 0 aliphatic rings. The normalized spacial score (nSPS) is 10.1. The second-order valence-corrected chi connectivity index (χ2v) is 3.36. The fraction of sp³-hybridized carbons (Fsp3) is 0.167. The maximum Gasteiger partial charge on any atom is 0.159 e. The summed E-state index contributed by atoms with van der Waals surface area (Å²) in [7, 11) is 0. The van der Waals surface area contributed by atoms with Crippen LogP contribution >= 0.6 is 0 Å². The van der Waals surface area contributed by atoms with Crippen LogP contribution < -0.4 is 4.74 Å². The predicted octanol–water partition coefficient (Wildman–Crippen LogP) is 2.46. The Morgan fingerprint density at radius 2 is 2.31 bits per heavy atom. The van der Waals surface area contributed by atoms with Gasteiger partial charge in [-0.3, -0.25) is 4.79 Å². The third-order valence-electron chi connectivity index (χ3n) is 2.12. The molecule has 1 aromatic heterocycles. The molecule has 0 N–H and O–H groups in total. The Hall–Kier alpha value is -2.10. The maximum absolute atomic E-state index is 11.1. The van der Waals surface area contributed by atoms with E-state index < -0.39 is 0 Å². The molecule has 0 saturated carbocycles. The Balaban J connectivity index is 2.04. The molecule has 2 aromatic rings. The van der Waals surface area contributed by atoms with Gasteiger partial charge in [-0.2, -0.15) is 0 Å². The number of carbonyl (C=O) groups excluding carboxylic acids is 1. The minimum Gasteiger partial charge on any atom is -0.487 e. The third kappa shape index (κ3) is 2.48. The lowest BCUT2D eigenvalue weighted by molar-refractivity contribution is 0.101. The second-order valence-electron chi connectivity index (χ2n) is 3.36. The summed E-state index contributed by atoms with van der Waals surface area (Å²) in [6, 6.07) is 8.78. The summed E-state index contributed by atoms with van der Waals surface area (Å²) in [6.07, 6.45) is 1.49. The van der Waals surface area contributed by atoms with Crippen molar-refractivity contribution < 1.29 is 14.1 Å². The second kappa shape index (κ2) is 4.61. The van der Waals surface area contributed by atoms with Gasteiger partial charge < -0.3 is 9.26 Å². The summed E-state index contributed by atoms with van der Waals surface area (Å²) in [5.74, 6) is 0.669. The molecule has 0 unspecified atom stereocenters. The molecule has 0 spiro atoms. The number of Topliss-reactive ketones (excluding diaryl/α,β-unsaturated/α-hetero) is 1. The van der Waals surface area contributed by atoms with E-state index in [0.29, 0.717) is 23.6 Å². The van der Waals surface area contributed by atoms with E-state index in [1.807, 2.05) is 0 Å². The number of ether oxygens (including phenoxy) is 1. The smallest absolute Gasteiger partial charge is 0.159 e. The van der Waals surface area contributed by atoms with E-state index in [9.17, 15) is 4.79 Å². The summed E-state index contributed by atoms with van der Waals surface area (Å²) < 4.78 is 10.1. The molecule has 0 radical (unpaired) electrons. The van der Waals surface area contributed by atoms with Gasteiger partial charge in [0.15, 0.2) is 5.78 Å². The van der Waals surface area contributed by atoms with Gasteiger partial charge >= 0.3 is 0 Å². The summed E-state index contributed by atoms with van der Waals surface area (Å²) in [5, 5.41) is 3.72. The number of aromatic nitrogens is 1. The van der Waals surface area contributed by atoms with Crippen LogP contribution in [0.1, 0.15) is 23.0 Å². The van der Waals surface area contributed by atoms with Crippen LogP contribution in [0.2, 0.25) is 0 Å². The van der Waals surface area contributed by atoms with E-state index in [1.165, 1.54) is 13.2 Å². The SMILES string of the molecule is CC(=O)c1cccc(OCc2ccon2)c1. The molecule has 0 amide bonds. The monoisotopic (exact) mass is 217 g/mol. The minimum absolute atomic E-state index is 0.0203. The molecule has 16 heavy (non-hydrogen) atoms. The highest BCUT2D eigenvalue weighted by Crippen LogP contribution is 2.15. The fourth-order valence-electron chi connectivity index (χ4n) is 1.27. The Labute approximate surface area is 92.8 Å². The van der Waals surface area contributed by atoms with Crippen molar-refractivity contribution in [2.45, 2.75) is 13.5 Å². The van der Waals surface area contributed by atoms with Crippen LogP contribution in [0.15, 0.2) is 41.1 Å². The van der Waals surface area contributed by atoms with Crippen LogP contribution in [0.25, 0.3) is 0 Å². The van der Waals surface area contributed by atoms with Crippen molar-refractivity contribution in [3.63, 3.8) is 0 Å². The van der Waals surface area contributed by atoms with E-state index in [4.69, 9.17) is 4.74 Å². The van der Waals surface area contributed by atoms with Crippen molar-refractivity contribution >= 4 is 5.78 Å². The molecule has 4 nitrogen and oxygen atoms in total. The van der Waals surface area contributed by atoms with Gasteiger partial charge in [-0.05, 0) is 19.1 Å². The van der Waals surface area contributed by atoms with Crippen molar-refractivity contribution in [1.82, 2.24) is 5.16 Å². The van der Waals surface area contributed by atoms with E-state index >= 15 is 0 Å². The maximum atomic E-state index is 11.1. The van der Waals surface area contributed by atoms with Gasteiger partial charge in [0, 0.05) is 11.6 Å². The van der Waals surface area contributed by atoms with Crippen LogP contribution in [-0.2, 0) is 6.61 Å². The largest absolute Gasteiger partial charge is 0.487 e. The quantitative estimate of drug-likeness (QED) is 0.738. The van der Waals surface area contributed by atoms with Crippen molar-refractivity contribution in [3.05, 3.63) is 47.9 Å². The summed E-state index contributed by atoms with van der Waals surface area (Å²) in [6.45, 7) is 1.86. The zero-order valence-corrected chi connectivity index (χ0v) is 8.84. The molecule has 4 heteroatoms. The van der Waals surface area contributed by atoms with Crippen molar-refractivity contribution in [2.24, 2.45) is 0 Å². The lowest BCUT2D eigenvalue weighted by atomic mass is 10.1. The zero-order chi connectivity index (χ0) is 11.4. The topological polar surface area (TPSA) is 52.3 Å². The molecule has 0 saturated heterocycles. The fourth-order valence-corrected chi connectivity index (χ4v) is 1.27. The number of nitrogens with zero attached hydrogens (tertiary/aromatic N) is 1. The highest BCUT2D eigenvalue weighted by molar-refractivity contribution is 5.94. The van der Waals surface area contributed by atoms with Gasteiger partial charge in [-0.25, -0.2) is 0 Å². The number of carbonyl (C=O) groups is 1. The Kier molecular flexibility index (Phi) is 3.00. The first-order valence-corrected chi connectivity index (χ1v) is 4.89. The summed E-state index contributed by atoms with van der Waals surface area (Å²) >= 11 is 0. The van der Waals surface area contributed by atoms with Crippen LogP contribution in [0, 0.1) is 0 Å². The zero-order valence-electron chi connectivity index (χ0n) is 8.84. The van der Waals surface area contributed by atoms with E-state index in [2.05, 4.69) is 9.68 Å². The van der Waals surface area contributed by atoms with Gasteiger partial charge in [0.25, 0.3) is 0 Å². The highest BCUT2D eigenvalue weighted by atomic mass is 16.5.